The Kier molecular flexibility index (Phi) is 5.21. The van der Waals surface area contributed by atoms with Gasteiger partial charge in [-0.05, 0) is 60.0 Å². The van der Waals surface area contributed by atoms with Crippen molar-refractivity contribution in [2.75, 3.05) is 7.11 Å². The van der Waals surface area contributed by atoms with Crippen molar-refractivity contribution in [1.82, 2.24) is 5.32 Å². The maximum Gasteiger partial charge on any atom is 0.227 e. The fourth-order valence-corrected chi connectivity index (χ4v) is 2.96. The molecule has 0 spiro atoms. The first kappa shape index (κ1) is 17.9. The van der Waals surface area contributed by atoms with Gasteiger partial charge in [0.05, 0.1) is 19.1 Å². The highest BCUT2D eigenvalue weighted by atomic mass is 19.1. The summed E-state index contributed by atoms with van der Waals surface area (Å²) >= 11 is 0. The highest BCUT2D eigenvalue weighted by Crippen LogP contribution is 2.26. The molecule has 0 saturated carbocycles. The lowest BCUT2D eigenvalue weighted by atomic mass is 9.96. The summed E-state index contributed by atoms with van der Waals surface area (Å²) in [5.41, 5.74) is 1.82. The number of nitrogens with one attached hydrogen (secondary N) is 1. The second-order valence-electron chi connectivity index (χ2n) is 6.48. The molecule has 0 fully saturated rings. The summed E-state index contributed by atoms with van der Waals surface area (Å²) in [6.07, 6.45) is 0. The minimum atomic E-state index is -0.288. The molecule has 0 aliphatic heterocycles. The van der Waals surface area contributed by atoms with Crippen LogP contribution < -0.4 is 10.1 Å². The average Bonchev–Trinajstić information content (AvgIpc) is 2.66. The highest BCUT2D eigenvalue weighted by molar-refractivity contribution is 5.88. The summed E-state index contributed by atoms with van der Waals surface area (Å²) in [4.78, 5) is 12.6. The van der Waals surface area contributed by atoms with E-state index in [0.29, 0.717) is 0 Å². The molecule has 3 aromatic carbocycles. The molecular formula is C22H22FNO2. The Labute approximate surface area is 152 Å². The van der Waals surface area contributed by atoms with Crippen molar-refractivity contribution >= 4 is 16.7 Å². The van der Waals surface area contributed by atoms with E-state index in [1.807, 2.05) is 50.2 Å². The van der Waals surface area contributed by atoms with Crippen LogP contribution in [0.3, 0.4) is 0 Å². The quantitative estimate of drug-likeness (QED) is 0.705. The molecule has 1 amide bonds. The first-order valence-corrected chi connectivity index (χ1v) is 8.61. The summed E-state index contributed by atoms with van der Waals surface area (Å²) in [5.74, 6) is 0.177. The molecule has 3 nitrogen and oxygen atoms in total. The third kappa shape index (κ3) is 3.85. The lowest BCUT2D eigenvalue weighted by Crippen LogP contribution is -2.30. The zero-order valence-electron chi connectivity index (χ0n) is 15.1. The number of ether oxygens (including phenoxy) is 1. The van der Waals surface area contributed by atoms with Crippen LogP contribution >= 0.6 is 0 Å². The monoisotopic (exact) mass is 351 g/mol. The van der Waals surface area contributed by atoms with Gasteiger partial charge in [0.25, 0.3) is 0 Å². The zero-order chi connectivity index (χ0) is 18.7. The maximum atomic E-state index is 13.0. The van der Waals surface area contributed by atoms with E-state index in [9.17, 15) is 9.18 Å². The number of carbonyl (C=O) groups is 1. The van der Waals surface area contributed by atoms with Gasteiger partial charge in [0.15, 0.2) is 0 Å². The van der Waals surface area contributed by atoms with Crippen molar-refractivity contribution in [2.24, 2.45) is 0 Å². The fraction of sp³-hybridized carbons (Fsp3) is 0.227. The lowest BCUT2D eigenvalue weighted by Gasteiger charge is -2.18. The summed E-state index contributed by atoms with van der Waals surface area (Å²) in [7, 11) is 1.64. The summed E-state index contributed by atoms with van der Waals surface area (Å²) < 4.78 is 18.3. The number of hydrogen-bond acceptors (Lipinski definition) is 2. The molecule has 2 atom stereocenters. The summed E-state index contributed by atoms with van der Waals surface area (Å²) in [5, 5.41) is 5.13. The number of methoxy groups -OCH3 is 1. The number of fused-ring (bicyclic) bond motifs is 1. The third-order valence-electron chi connectivity index (χ3n) is 4.69. The van der Waals surface area contributed by atoms with Gasteiger partial charge in [-0.1, -0.05) is 36.4 Å². The van der Waals surface area contributed by atoms with E-state index in [1.54, 1.807) is 19.2 Å². The molecule has 0 heterocycles. The molecule has 134 valence electrons. The van der Waals surface area contributed by atoms with Crippen LogP contribution in [0.4, 0.5) is 4.39 Å². The van der Waals surface area contributed by atoms with E-state index in [4.69, 9.17) is 4.74 Å². The second-order valence-corrected chi connectivity index (χ2v) is 6.48. The Bertz CT molecular complexity index is 921. The molecule has 1 N–H and O–H groups in total. The van der Waals surface area contributed by atoms with E-state index in [1.165, 1.54) is 12.1 Å². The van der Waals surface area contributed by atoms with Crippen LogP contribution in [-0.4, -0.2) is 13.0 Å². The predicted octanol–water partition coefficient (Wildman–Crippen LogP) is 4.97. The van der Waals surface area contributed by atoms with E-state index in [-0.39, 0.29) is 23.7 Å². The molecule has 3 rings (SSSR count). The Morgan fingerprint density at radius 2 is 1.54 bits per heavy atom. The van der Waals surface area contributed by atoms with Crippen molar-refractivity contribution in [3.8, 4) is 5.75 Å². The molecular weight excluding hydrogens is 329 g/mol. The van der Waals surface area contributed by atoms with Crippen molar-refractivity contribution < 1.29 is 13.9 Å². The molecule has 0 radical (unpaired) electrons. The van der Waals surface area contributed by atoms with Gasteiger partial charge in [-0.25, -0.2) is 4.39 Å². The Hall–Kier alpha value is -2.88. The normalized spacial score (nSPS) is 13.2. The van der Waals surface area contributed by atoms with Crippen LogP contribution in [0.25, 0.3) is 10.8 Å². The smallest absolute Gasteiger partial charge is 0.227 e. The average molecular weight is 351 g/mol. The van der Waals surface area contributed by atoms with E-state index < -0.39 is 0 Å². The van der Waals surface area contributed by atoms with E-state index >= 15 is 0 Å². The van der Waals surface area contributed by atoms with Gasteiger partial charge in [0.1, 0.15) is 11.6 Å². The Balaban J connectivity index is 1.75. The SMILES string of the molecule is COc1ccc2cc([C@@H](C)C(=O)N[C@@H](C)c3ccc(F)cc3)ccc2c1. The van der Waals surface area contributed by atoms with Crippen molar-refractivity contribution in [3.05, 3.63) is 77.6 Å². The second kappa shape index (κ2) is 7.56. The van der Waals surface area contributed by atoms with E-state index in [2.05, 4.69) is 5.32 Å². The summed E-state index contributed by atoms with van der Waals surface area (Å²) in [6, 6.07) is 17.9. The van der Waals surface area contributed by atoms with Crippen LogP contribution in [0, 0.1) is 5.82 Å². The standard InChI is InChI=1S/C22H22FNO2/c1-14(22(25)24-15(2)16-6-9-20(23)10-7-16)17-4-5-19-13-21(26-3)11-8-18(19)12-17/h4-15H,1-3H3,(H,24,25)/t14-,15+/m1/s1. The van der Waals surface area contributed by atoms with E-state index in [0.717, 1.165) is 27.6 Å². The molecule has 0 saturated heterocycles. The first-order valence-electron chi connectivity index (χ1n) is 8.61. The predicted molar refractivity (Wildman–Crippen MR) is 102 cm³/mol. The van der Waals surface area contributed by atoms with Crippen LogP contribution in [0.1, 0.15) is 36.9 Å². The minimum Gasteiger partial charge on any atom is -0.497 e. The van der Waals surface area contributed by atoms with Gasteiger partial charge < -0.3 is 10.1 Å². The number of carbonyl (C=O) groups excluding carboxylic acids is 1. The third-order valence-corrected chi connectivity index (χ3v) is 4.69. The number of amides is 1. The fourth-order valence-electron chi connectivity index (χ4n) is 2.96. The highest BCUT2D eigenvalue weighted by Gasteiger charge is 2.18. The topological polar surface area (TPSA) is 38.3 Å². The first-order chi connectivity index (χ1) is 12.5. The zero-order valence-corrected chi connectivity index (χ0v) is 15.1. The number of hydrogen-bond donors (Lipinski definition) is 1. The lowest BCUT2D eigenvalue weighted by molar-refractivity contribution is -0.122. The van der Waals surface area contributed by atoms with Crippen LogP contribution in [0.2, 0.25) is 0 Å². The van der Waals surface area contributed by atoms with Crippen molar-refractivity contribution in [2.45, 2.75) is 25.8 Å². The van der Waals surface area contributed by atoms with Crippen LogP contribution in [0.15, 0.2) is 60.7 Å². The molecule has 3 aromatic rings. The largest absolute Gasteiger partial charge is 0.497 e. The Morgan fingerprint density at radius 3 is 2.23 bits per heavy atom. The minimum absolute atomic E-state index is 0.0605. The van der Waals surface area contributed by atoms with Crippen molar-refractivity contribution in [3.63, 3.8) is 0 Å². The molecule has 26 heavy (non-hydrogen) atoms. The molecule has 0 aliphatic rings. The van der Waals surface area contributed by atoms with Crippen molar-refractivity contribution in [1.29, 1.82) is 0 Å². The maximum absolute atomic E-state index is 13.0. The number of halogens is 1. The van der Waals surface area contributed by atoms with Gasteiger partial charge in [-0.2, -0.15) is 0 Å². The van der Waals surface area contributed by atoms with Gasteiger partial charge in [0.2, 0.25) is 5.91 Å². The van der Waals surface area contributed by atoms with Gasteiger partial charge in [0, 0.05) is 0 Å². The van der Waals surface area contributed by atoms with Gasteiger partial charge in [-0.15, -0.1) is 0 Å². The Morgan fingerprint density at radius 1 is 0.923 bits per heavy atom. The van der Waals surface area contributed by atoms with Crippen LogP contribution in [0.5, 0.6) is 5.75 Å². The molecule has 0 aromatic heterocycles. The van der Waals surface area contributed by atoms with Crippen LogP contribution in [-0.2, 0) is 4.79 Å². The van der Waals surface area contributed by atoms with Gasteiger partial charge in [-0.3, -0.25) is 4.79 Å². The summed E-state index contributed by atoms with van der Waals surface area (Å²) in [6.45, 7) is 3.78. The molecule has 0 unspecified atom stereocenters. The molecule has 0 aliphatic carbocycles. The molecule has 4 heteroatoms. The van der Waals surface area contributed by atoms with Gasteiger partial charge >= 0.3 is 0 Å². The number of benzene rings is 3. The number of rotatable bonds is 5. The molecule has 0 bridgehead atoms.